The molecule has 0 aliphatic heterocycles. The first-order chi connectivity index (χ1) is 9.69. The molecular formula is C18H30O2. The van der Waals surface area contributed by atoms with Crippen LogP contribution in [0.4, 0.5) is 0 Å². The van der Waals surface area contributed by atoms with Crippen molar-refractivity contribution >= 4 is 0 Å². The second kappa shape index (κ2) is 9.68. The molecule has 0 aliphatic rings. The maximum absolute atomic E-state index is 10.1. The Kier molecular flexibility index (Phi) is 8.17. The van der Waals surface area contributed by atoms with Crippen molar-refractivity contribution in [3.8, 4) is 11.5 Å². The zero-order chi connectivity index (χ0) is 14.8. The van der Waals surface area contributed by atoms with E-state index in [0.29, 0.717) is 11.5 Å². The molecule has 0 radical (unpaired) electrons. The van der Waals surface area contributed by atoms with Gasteiger partial charge in [0, 0.05) is 0 Å². The lowest BCUT2D eigenvalue weighted by Crippen LogP contribution is -1.92. The van der Waals surface area contributed by atoms with Crippen LogP contribution in [-0.4, -0.2) is 10.2 Å². The number of benzene rings is 1. The third-order valence-corrected chi connectivity index (χ3v) is 3.88. The largest absolute Gasteiger partial charge is 0.508 e. The van der Waals surface area contributed by atoms with E-state index in [9.17, 15) is 10.2 Å². The van der Waals surface area contributed by atoms with Gasteiger partial charge in [-0.25, -0.2) is 0 Å². The molecule has 2 N–H and O–H groups in total. The van der Waals surface area contributed by atoms with Crippen molar-refractivity contribution < 1.29 is 10.2 Å². The van der Waals surface area contributed by atoms with Gasteiger partial charge in [0.2, 0.25) is 0 Å². The molecule has 0 saturated heterocycles. The van der Waals surface area contributed by atoms with Gasteiger partial charge in [0.25, 0.3) is 0 Å². The summed E-state index contributed by atoms with van der Waals surface area (Å²) >= 11 is 0. The average Bonchev–Trinajstić information content (AvgIpc) is 2.44. The first kappa shape index (κ1) is 16.9. The van der Waals surface area contributed by atoms with E-state index in [4.69, 9.17) is 0 Å². The molecule has 2 nitrogen and oxygen atoms in total. The molecule has 0 aliphatic carbocycles. The summed E-state index contributed by atoms with van der Waals surface area (Å²) in [5.41, 5.74) is 1.77. The highest BCUT2D eigenvalue weighted by atomic mass is 16.3. The highest BCUT2D eigenvalue weighted by Gasteiger charge is 2.08. The minimum Gasteiger partial charge on any atom is -0.508 e. The summed E-state index contributed by atoms with van der Waals surface area (Å²) in [6, 6.07) is 3.52. The fourth-order valence-corrected chi connectivity index (χ4v) is 2.55. The maximum atomic E-state index is 10.1. The van der Waals surface area contributed by atoms with Gasteiger partial charge in [-0.3, -0.25) is 0 Å². The van der Waals surface area contributed by atoms with Gasteiger partial charge in [-0.2, -0.15) is 0 Å². The van der Waals surface area contributed by atoms with Crippen LogP contribution in [-0.2, 0) is 12.8 Å². The molecular weight excluding hydrogens is 248 g/mol. The van der Waals surface area contributed by atoms with Crippen molar-refractivity contribution in [2.45, 2.75) is 78.1 Å². The first-order valence-electron chi connectivity index (χ1n) is 8.22. The Morgan fingerprint density at radius 2 is 1.05 bits per heavy atom. The average molecular weight is 278 g/mol. The van der Waals surface area contributed by atoms with Gasteiger partial charge in [-0.05, 0) is 48.9 Å². The number of phenols is 2. The Labute approximate surface area is 123 Å². The lowest BCUT2D eigenvalue weighted by atomic mass is 9.99. The monoisotopic (exact) mass is 278 g/mol. The standard InChI is InChI=1S/C18H30O2/c1-3-5-7-9-11-15-13-18(20)16(14-17(15)19)12-10-8-6-4-2/h13-14,19-20H,3-12H2,1-2H3. The zero-order valence-corrected chi connectivity index (χ0v) is 13.1. The number of unbranched alkanes of at least 4 members (excludes halogenated alkanes) is 6. The third-order valence-electron chi connectivity index (χ3n) is 3.88. The van der Waals surface area contributed by atoms with Gasteiger partial charge in [0.05, 0.1) is 0 Å². The summed E-state index contributed by atoms with van der Waals surface area (Å²) < 4.78 is 0. The van der Waals surface area contributed by atoms with Crippen LogP contribution in [0.1, 0.15) is 76.3 Å². The molecule has 0 fully saturated rings. The molecule has 0 bridgehead atoms. The van der Waals surface area contributed by atoms with E-state index in [0.717, 1.165) is 36.8 Å². The van der Waals surface area contributed by atoms with E-state index in [-0.39, 0.29) is 0 Å². The molecule has 0 spiro atoms. The van der Waals surface area contributed by atoms with Crippen LogP contribution in [0.3, 0.4) is 0 Å². The SMILES string of the molecule is CCCCCCc1cc(O)c(CCCCCC)cc1O. The summed E-state index contributed by atoms with van der Waals surface area (Å²) in [6.07, 6.45) is 11.2. The predicted molar refractivity (Wildman–Crippen MR) is 85.5 cm³/mol. The second-order valence-electron chi connectivity index (χ2n) is 5.73. The van der Waals surface area contributed by atoms with Gasteiger partial charge < -0.3 is 10.2 Å². The van der Waals surface area contributed by atoms with Gasteiger partial charge in [0.1, 0.15) is 11.5 Å². The van der Waals surface area contributed by atoms with E-state index >= 15 is 0 Å². The summed E-state index contributed by atoms with van der Waals surface area (Å²) in [6.45, 7) is 4.38. The molecule has 0 amide bonds. The van der Waals surface area contributed by atoms with Crippen LogP contribution in [0.15, 0.2) is 12.1 Å². The van der Waals surface area contributed by atoms with Crippen LogP contribution in [0.25, 0.3) is 0 Å². The van der Waals surface area contributed by atoms with Crippen LogP contribution in [0.5, 0.6) is 11.5 Å². The van der Waals surface area contributed by atoms with Crippen molar-refractivity contribution in [2.24, 2.45) is 0 Å². The fraction of sp³-hybridized carbons (Fsp3) is 0.667. The van der Waals surface area contributed by atoms with E-state index < -0.39 is 0 Å². The normalized spacial score (nSPS) is 10.9. The summed E-state index contributed by atoms with van der Waals surface area (Å²) in [7, 11) is 0. The van der Waals surface area contributed by atoms with E-state index in [1.165, 1.54) is 38.5 Å². The lowest BCUT2D eigenvalue weighted by molar-refractivity contribution is 0.446. The second-order valence-corrected chi connectivity index (χ2v) is 5.73. The fourth-order valence-electron chi connectivity index (χ4n) is 2.55. The molecule has 0 saturated carbocycles. The molecule has 114 valence electrons. The summed E-state index contributed by atoms with van der Waals surface area (Å²) in [5, 5.41) is 20.1. The molecule has 0 aromatic heterocycles. The van der Waals surface area contributed by atoms with Crippen LogP contribution < -0.4 is 0 Å². The number of aryl methyl sites for hydroxylation is 2. The Bertz CT molecular complexity index is 347. The molecule has 0 heterocycles. The molecule has 20 heavy (non-hydrogen) atoms. The van der Waals surface area contributed by atoms with Crippen molar-refractivity contribution in [2.75, 3.05) is 0 Å². The Morgan fingerprint density at radius 3 is 1.40 bits per heavy atom. The Morgan fingerprint density at radius 1 is 0.650 bits per heavy atom. The smallest absolute Gasteiger partial charge is 0.119 e. The molecule has 1 aromatic rings. The number of phenolic OH excluding ortho intramolecular Hbond substituents is 2. The third kappa shape index (κ3) is 5.85. The zero-order valence-electron chi connectivity index (χ0n) is 13.1. The number of hydrogen-bond acceptors (Lipinski definition) is 2. The molecule has 1 aromatic carbocycles. The van der Waals surface area contributed by atoms with Gasteiger partial charge in [-0.1, -0.05) is 52.4 Å². The molecule has 0 unspecified atom stereocenters. The van der Waals surface area contributed by atoms with E-state index in [2.05, 4.69) is 13.8 Å². The van der Waals surface area contributed by atoms with E-state index in [1.54, 1.807) is 12.1 Å². The van der Waals surface area contributed by atoms with Crippen LogP contribution in [0.2, 0.25) is 0 Å². The Hall–Kier alpha value is -1.18. The Balaban J connectivity index is 2.52. The summed E-state index contributed by atoms with van der Waals surface area (Å²) in [5.74, 6) is 0.703. The van der Waals surface area contributed by atoms with Gasteiger partial charge in [0.15, 0.2) is 0 Å². The van der Waals surface area contributed by atoms with Crippen molar-refractivity contribution in [1.82, 2.24) is 0 Å². The van der Waals surface area contributed by atoms with Crippen molar-refractivity contribution in [3.63, 3.8) is 0 Å². The van der Waals surface area contributed by atoms with E-state index in [1.807, 2.05) is 0 Å². The molecule has 1 rings (SSSR count). The highest BCUT2D eigenvalue weighted by molar-refractivity contribution is 5.45. The molecule has 0 atom stereocenters. The minimum atomic E-state index is 0.352. The topological polar surface area (TPSA) is 40.5 Å². The molecule has 2 heteroatoms. The minimum absolute atomic E-state index is 0.352. The highest BCUT2D eigenvalue weighted by Crippen LogP contribution is 2.29. The first-order valence-corrected chi connectivity index (χ1v) is 8.22. The number of aromatic hydroxyl groups is 2. The number of hydrogen-bond donors (Lipinski definition) is 2. The van der Waals surface area contributed by atoms with Crippen molar-refractivity contribution in [1.29, 1.82) is 0 Å². The lowest BCUT2D eigenvalue weighted by Gasteiger charge is -2.10. The summed E-state index contributed by atoms with van der Waals surface area (Å²) in [4.78, 5) is 0. The maximum Gasteiger partial charge on any atom is 0.119 e. The van der Waals surface area contributed by atoms with Crippen LogP contribution in [0, 0.1) is 0 Å². The van der Waals surface area contributed by atoms with Gasteiger partial charge >= 0.3 is 0 Å². The van der Waals surface area contributed by atoms with Crippen LogP contribution >= 0.6 is 0 Å². The number of rotatable bonds is 10. The van der Waals surface area contributed by atoms with Crippen molar-refractivity contribution in [3.05, 3.63) is 23.3 Å². The quantitative estimate of drug-likeness (QED) is 0.448. The predicted octanol–water partition coefficient (Wildman–Crippen LogP) is 5.34. The van der Waals surface area contributed by atoms with Gasteiger partial charge in [-0.15, -0.1) is 0 Å².